The Labute approximate surface area is 154 Å². The third kappa shape index (κ3) is 4.10. The van der Waals surface area contributed by atoms with Gasteiger partial charge in [0.05, 0.1) is 35.1 Å². The van der Waals surface area contributed by atoms with Gasteiger partial charge in [0.2, 0.25) is 5.78 Å². The molecule has 0 saturated carbocycles. The summed E-state index contributed by atoms with van der Waals surface area (Å²) in [4.78, 5) is 16.4. The number of ketones is 1. The topological polar surface area (TPSA) is 74.4 Å². The highest BCUT2D eigenvalue weighted by molar-refractivity contribution is 6.36. The normalized spacial score (nSPS) is 10.6. The Bertz CT molecular complexity index is 828. The predicted molar refractivity (Wildman–Crippen MR) is 96.0 cm³/mol. The fourth-order valence-corrected chi connectivity index (χ4v) is 2.52. The summed E-state index contributed by atoms with van der Waals surface area (Å²) < 4.78 is 24.6. The van der Waals surface area contributed by atoms with Crippen LogP contribution in [0.15, 0.2) is 30.9 Å². The van der Waals surface area contributed by atoms with Gasteiger partial charge in [-0.1, -0.05) is 29.3 Å². The number of carbonyl (C=O) groups excluding carboxylic acids is 1. The van der Waals surface area contributed by atoms with Crippen LogP contribution in [0.2, 0.25) is 10.0 Å². The number of ether oxygens (including phenoxy) is 2. The number of anilines is 1. The molecule has 0 atom stereocenters. The van der Waals surface area contributed by atoms with Crippen LogP contribution >= 0.6 is 23.2 Å². The molecule has 0 amide bonds. The summed E-state index contributed by atoms with van der Waals surface area (Å²) in [6.45, 7) is 3.43. The number of pyridine rings is 1. The molecular formula is C17H15Cl2FN2O3. The van der Waals surface area contributed by atoms with E-state index in [1.807, 2.05) is 0 Å². The van der Waals surface area contributed by atoms with Crippen LogP contribution in [0, 0.1) is 5.82 Å². The highest BCUT2D eigenvalue weighted by Gasteiger charge is 2.20. The first kappa shape index (κ1) is 19.2. The van der Waals surface area contributed by atoms with Crippen molar-refractivity contribution >= 4 is 34.7 Å². The molecule has 8 heteroatoms. The van der Waals surface area contributed by atoms with E-state index in [-0.39, 0.29) is 51.6 Å². The maximum atomic E-state index is 14.6. The van der Waals surface area contributed by atoms with E-state index in [1.165, 1.54) is 31.4 Å². The van der Waals surface area contributed by atoms with Gasteiger partial charge in [0, 0.05) is 5.56 Å². The lowest BCUT2D eigenvalue weighted by atomic mass is 10.1. The molecule has 2 rings (SSSR count). The van der Waals surface area contributed by atoms with Crippen LogP contribution in [0.3, 0.4) is 0 Å². The summed E-state index contributed by atoms with van der Waals surface area (Å²) in [7, 11) is 1.30. The van der Waals surface area contributed by atoms with Gasteiger partial charge in [-0.15, -0.1) is 6.58 Å². The minimum atomic E-state index is -0.717. The third-order valence-electron chi connectivity index (χ3n) is 3.25. The zero-order valence-electron chi connectivity index (χ0n) is 13.3. The molecule has 5 nitrogen and oxygen atoms in total. The standard InChI is InChI=1S/C17H15Cl2FN2O3/c1-3-6-25-8-13(23)16-14(19)11(21)7-12(22-16)9-4-5-10(18)17(24-2)15(9)20/h3-5,7H,1,6,8H2,2H3,(H2,21,22). The number of rotatable bonds is 7. The van der Waals surface area contributed by atoms with Crippen LogP contribution in [0.1, 0.15) is 10.5 Å². The molecule has 1 aromatic heterocycles. The number of nitrogens with two attached hydrogens (primary N) is 1. The number of carbonyl (C=O) groups is 1. The molecule has 1 heterocycles. The van der Waals surface area contributed by atoms with E-state index >= 15 is 0 Å². The van der Waals surface area contributed by atoms with Gasteiger partial charge < -0.3 is 15.2 Å². The molecule has 0 aliphatic rings. The second-order valence-corrected chi connectivity index (χ2v) is 5.71. The molecule has 0 aliphatic carbocycles. The Hall–Kier alpha value is -2.15. The van der Waals surface area contributed by atoms with Crippen molar-refractivity contribution < 1.29 is 18.7 Å². The lowest BCUT2D eigenvalue weighted by Crippen LogP contribution is -2.13. The molecule has 0 spiro atoms. The molecule has 2 N–H and O–H groups in total. The van der Waals surface area contributed by atoms with E-state index in [0.29, 0.717) is 0 Å². The van der Waals surface area contributed by atoms with Crippen molar-refractivity contribution in [3.63, 3.8) is 0 Å². The average molecular weight is 385 g/mol. The van der Waals surface area contributed by atoms with Gasteiger partial charge in [0.1, 0.15) is 12.3 Å². The van der Waals surface area contributed by atoms with Gasteiger partial charge in [0.15, 0.2) is 11.6 Å². The number of benzene rings is 1. The number of hydrogen-bond acceptors (Lipinski definition) is 5. The van der Waals surface area contributed by atoms with Crippen molar-refractivity contribution in [3.8, 4) is 17.0 Å². The first-order valence-corrected chi connectivity index (χ1v) is 7.86. The smallest absolute Gasteiger partial charge is 0.208 e. The highest BCUT2D eigenvalue weighted by atomic mass is 35.5. The quantitative estimate of drug-likeness (QED) is 0.440. The molecule has 1 aromatic carbocycles. The molecule has 2 aromatic rings. The third-order valence-corrected chi connectivity index (χ3v) is 3.94. The summed E-state index contributed by atoms with van der Waals surface area (Å²) in [5.74, 6) is -1.33. The number of nitrogen functional groups attached to an aromatic ring is 1. The van der Waals surface area contributed by atoms with Crippen LogP contribution < -0.4 is 10.5 Å². The largest absolute Gasteiger partial charge is 0.492 e. The Morgan fingerprint density at radius 1 is 1.44 bits per heavy atom. The van der Waals surface area contributed by atoms with E-state index in [1.54, 1.807) is 0 Å². The monoisotopic (exact) mass is 384 g/mol. The van der Waals surface area contributed by atoms with Gasteiger partial charge in [-0.25, -0.2) is 9.37 Å². The number of Topliss-reactive ketones (excluding diaryl/α,β-unsaturated/α-hetero) is 1. The predicted octanol–water partition coefficient (Wildman–Crippen LogP) is 4.17. The minimum Gasteiger partial charge on any atom is -0.492 e. The number of halogens is 3. The van der Waals surface area contributed by atoms with Crippen LogP contribution in [0.4, 0.5) is 10.1 Å². The van der Waals surface area contributed by atoms with Crippen LogP contribution in [-0.2, 0) is 4.74 Å². The number of hydrogen-bond donors (Lipinski definition) is 1. The summed E-state index contributed by atoms with van der Waals surface area (Å²) >= 11 is 11.9. The number of methoxy groups -OCH3 is 1. The zero-order valence-corrected chi connectivity index (χ0v) is 14.8. The maximum absolute atomic E-state index is 14.6. The Kier molecular flexibility index (Phi) is 6.36. The molecule has 0 unspecified atom stereocenters. The van der Waals surface area contributed by atoms with Crippen molar-refractivity contribution in [1.82, 2.24) is 4.98 Å². The van der Waals surface area contributed by atoms with Crippen molar-refractivity contribution in [1.29, 1.82) is 0 Å². The van der Waals surface area contributed by atoms with E-state index in [9.17, 15) is 9.18 Å². The SMILES string of the molecule is C=CCOCC(=O)c1nc(-c2ccc(Cl)c(OC)c2F)cc(N)c1Cl. The van der Waals surface area contributed by atoms with Crippen molar-refractivity contribution in [2.45, 2.75) is 0 Å². The fraction of sp³-hybridized carbons (Fsp3) is 0.176. The van der Waals surface area contributed by atoms with E-state index in [4.69, 9.17) is 38.4 Å². The molecule has 0 saturated heterocycles. The zero-order chi connectivity index (χ0) is 18.6. The Morgan fingerprint density at radius 3 is 2.80 bits per heavy atom. The van der Waals surface area contributed by atoms with Crippen molar-refractivity contribution in [2.24, 2.45) is 0 Å². The van der Waals surface area contributed by atoms with Gasteiger partial charge >= 0.3 is 0 Å². The first-order chi connectivity index (χ1) is 11.9. The van der Waals surface area contributed by atoms with Crippen LogP contribution in [0.25, 0.3) is 11.3 Å². The summed E-state index contributed by atoms with van der Waals surface area (Å²) in [5, 5.41) is 0.0945. The molecule has 132 valence electrons. The molecular weight excluding hydrogens is 370 g/mol. The molecule has 0 fully saturated rings. The molecule has 0 aliphatic heterocycles. The molecule has 0 bridgehead atoms. The Morgan fingerprint density at radius 2 is 2.16 bits per heavy atom. The van der Waals surface area contributed by atoms with E-state index in [0.717, 1.165) is 0 Å². The fourth-order valence-electron chi connectivity index (χ4n) is 2.09. The van der Waals surface area contributed by atoms with Gasteiger partial charge in [-0.2, -0.15) is 0 Å². The lowest BCUT2D eigenvalue weighted by molar-refractivity contribution is 0.0801. The highest BCUT2D eigenvalue weighted by Crippen LogP contribution is 2.36. The maximum Gasteiger partial charge on any atom is 0.208 e. The van der Waals surface area contributed by atoms with E-state index < -0.39 is 11.6 Å². The van der Waals surface area contributed by atoms with Gasteiger partial charge in [-0.3, -0.25) is 4.79 Å². The van der Waals surface area contributed by atoms with Crippen LogP contribution in [-0.4, -0.2) is 31.1 Å². The van der Waals surface area contributed by atoms with Crippen molar-refractivity contribution in [2.75, 3.05) is 26.1 Å². The summed E-state index contributed by atoms with van der Waals surface area (Å²) in [5.41, 5.74) is 6.03. The lowest BCUT2D eigenvalue weighted by Gasteiger charge is -2.12. The van der Waals surface area contributed by atoms with Gasteiger partial charge in [0.25, 0.3) is 0 Å². The second kappa shape index (κ2) is 8.29. The first-order valence-electron chi connectivity index (χ1n) is 7.10. The summed E-state index contributed by atoms with van der Waals surface area (Å²) in [6.07, 6.45) is 1.50. The number of aromatic nitrogens is 1. The van der Waals surface area contributed by atoms with Crippen molar-refractivity contribution in [3.05, 3.63) is 52.4 Å². The minimum absolute atomic E-state index is 0.0164. The van der Waals surface area contributed by atoms with Crippen LogP contribution in [0.5, 0.6) is 5.75 Å². The van der Waals surface area contributed by atoms with Gasteiger partial charge in [-0.05, 0) is 18.2 Å². The average Bonchev–Trinajstić information content (AvgIpc) is 2.58. The van der Waals surface area contributed by atoms with E-state index in [2.05, 4.69) is 11.6 Å². The molecule has 0 radical (unpaired) electrons. The second-order valence-electron chi connectivity index (χ2n) is 4.93. The number of nitrogens with zero attached hydrogens (tertiary/aromatic N) is 1. The molecule has 25 heavy (non-hydrogen) atoms. The Balaban J connectivity index is 2.50. The summed E-state index contributed by atoms with van der Waals surface area (Å²) in [6, 6.07) is 4.24.